The number of nitrogens with one attached hydrogen (secondary N) is 1. The number of esters is 1. The summed E-state index contributed by atoms with van der Waals surface area (Å²) in [5.41, 5.74) is 1.43. The van der Waals surface area contributed by atoms with Crippen molar-refractivity contribution in [2.45, 2.75) is 52.7 Å². The third-order valence-electron chi connectivity index (χ3n) is 2.78. The first-order chi connectivity index (χ1) is 10.2. The minimum Gasteiger partial charge on any atom is -0.464 e. The predicted octanol–water partition coefficient (Wildman–Crippen LogP) is 2.99. The van der Waals surface area contributed by atoms with Crippen molar-refractivity contribution in [3.63, 3.8) is 0 Å². The molecule has 1 aromatic rings. The Morgan fingerprint density at radius 1 is 1.27 bits per heavy atom. The van der Waals surface area contributed by atoms with Crippen LogP contribution in [-0.2, 0) is 20.7 Å². The number of benzene rings is 1. The van der Waals surface area contributed by atoms with E-state index in [1.54, 1.807) is 27.7 Å². The van der Waals surface area contributed by atoms with Crippen molar-refractivity contribution in [2.75, 3.05) is 6.61 Å². The number of rotatable bonds is 5. The molecule has 1 amide bonds. The molecule has 0 saturated carbocycles. The van der Waals surface area contributed by atoms with Crippen molar-refractivity contribution >= 4 is 12.1 Å². The van der Waals surface area contributed by atoms with E-state index in [4.69, 9.17) is 9.47 Å². The number of hydrogen-bond donors (Lipinski definition) is 1. The predicted molar refractivity (Wildman–Crippen MR) is 84.7 cm³/mol. The molecule has 0 radical (unpaired) electrons. The number of alkyl carbamates (subject to hydrolysis) is 1. The van der Waals surface area contributed by atoms with Crippen molar-refractivity contribution in [2.24, 2.45) is 0 Å². The maximum Gasteiger partial charge on any atom is 0.408 e. The lowest BCUT2D eigenvalue weighted by Crippen LogP contribution is -2.45. The van der Waals surface area contributed by atoms with Crippen LogP contribution in [0.2, 0.25) is 0 Å². The Bertz CT molecular complexity index is 520. The fourth-order valence-corrected chi connectivity index (χ4v) is 1.96. The van der Waals surface area contributed by atoms with Crippen LogP contribution >= 0.6 is 0 Å². The maximum atomic E-state index is 12.0. The molecule has 5 heteroatoms. The molecule has 0 aromatic heterocycles. The molecule has 0 aliphatic heterocycles. The minimum absolute atomic E-state index is 0.263. The first-order valence-corrected chi connectivity index (χ1v) is 7.43. The molecule has 1 rings (SSSR count). The minimum atomic E-state index is -0.767. The van der Waals surface area contributed by atoms with E-state index in [1.165, 1.54) is 0 Å². The van der Waals surface area contributed by atoms with E-state index in [9.17, 15) is 9.59 Å². The number of aryl methyl sites for hydroxylation is 1. The molecule has 0 spiro atoms. The normalized spacial score (nSPS) is 12.4. The van der Waals surface area contributed by atoms with E-state index < -0.39 is 23.7 Å². The average molecular weight is 307 g/mol. The smallest absolute Gasteiger partial charge is 0.408 e. The Kier molecular flexibility index (Phi) is 6.40. The SMILES string of the molecule is CCOC(=O)[C@H](Cc1cccc(C)c1)NC(=O)OC(C)(C)C. The summed E-state index contributed by atoms with van der Waals surface area (Å²) in [7, 11) is 0. The summed E-state index contributed by atoms with van der Waals surface area (Å²) < 4.78 is 10.2. The molecule has 1 N–H and O–H groups in total. The van der Waals surface area contributed by atoms with Crippen LogP contribution in [0.25, 0.3) is 0 Å². The highest BCUT2D eigenvalue weighted by Gasteiger charge is 2.25. The summed E-state index contributed by atoms with van der Waals surface area (Å²) in [6.07, 6.45) is -0.266. The van der Waals surface area contributed by atoms with E-state index in [0.29, 0.717) is 6.42 Å². The second-order valence-electron chi connectivity index (χ2n) is 6.14. The summed E-state index contributed by atoms with van der Waals surface area (Å²) in [4.78, 5) is 23.9. The quantitative estimate of drug-likeness (QED) is 0.849. The Morgan fingerprint density at radius 2 is 1.95 bits per heavy atom. The number of hydrogen-bond acceptors (Lipinski definition) is 4. The maximum absolute atomic E-state index is 12.0. The fraction of sp³-hybridized carbons (Fsp3) is 0.529. The van der Waals surface area contributed by atoms with Crippen LogP contribution in [0, 0.1) is 6.92 Å². The molecular weight excluding hydrogens is 282 g/mol. The lowest BCUT2D eigenvalue weighted by molar-refractivity contribution is -0.145. The number of carbonyl (C=O) groups is 2. The van der Waals surface area contributed by atoms with Gasteiger partial charge in [-0.1, -0.05) is 29.8 Å². The summed E-state index contributed by atoms with van der Waals surface area (Å²) in [5.74, 6) is -0.463. The lowest BCUT2D eigenvalue weighted by atomic mass is 10.0. The van der Waals surface area contributed by atoms with Gasteiger partial charge in [0.05, 0.1) is 6.61 Å². The van der Waals surface area contributed by atoms with Crippen LogP contribution in [0.15, 0.2) is 24.3 Å². The molecule has 0 bridgehead atoms. The van der Waals surface area contributed by atoms with Crippen molar-refractivity contribution in [1.82, 2.24) is 5.32 Å². The molecule has 0 fully saturated rings. The zero-order valence-electron chi connectivity index (χ0n) is 13.9. The van der Waals surface area contributed by atoms with Crippen LogP contribution in [0.1, 0.15) is 38.8 Å². The lowest BCUT2D eigenvalue weighted by Gasteiger charge is -2.23. The number of amides is 1. The van der Waals surface area contributed by atoms with E-state index in [-0.39, 0.29) is 6.61 Å². The molecule has 0 unspecified atom stereocenters. The highest BCUT2D eigenvalue weighted by atomic mass is 16.6. The topological polar surface area (TPSA) is 64.6 Å². The standard InChI is InChI=1S/C17H25NO4/c1-6-21-15(19)14(18-16(20)22-17(3,4)5)11-13-9-7-8-12(2)10-13/h7-10,14H,6,11H2,1-5H3,(H,18,20)/t14-/m0/s1. The van der Waals surface area contributed by atoms with Crippen LogP contribution in [0.3, 0.4) is 0 Å². The van der Waals surface area contributed by atoms with Gasteiger partial charge in [-0.05, 0) is 40.2 Å². The van der Waals surface area contributed by atoms with Gasteiger partial charge in [0.2, 0.25) is 0 Å². The third-order valence-corrected chi connectivity index (χ3v) is 2.78. The van der Waals surface area contributed by atoms with E-state index in [2.05, 4.69) is 5.32 Å². The molecule has 0 heterocycles. The molecule has 0 aliphatic carbocycles. The molecule has 1 atom stereocenters. The average Bonchev–Trinajstić information content (AvgIpc) is 2.36. The van der Waals surface area contributed by atoms with Gasteiger partial charge in [0.25, 0.3) is 0 Å². The van der Waals surface area contributed by atoms with Crippen LogP contribution in [-0.4, -0.2) is 30.3 Å². The summed E-state index contributed by atoms with van der Waals surface area (Å²) in [5, 5.41) is 2.59. The highest BCUT2D eigenvalue weighted by Crippen LogP contribution is 2.10. The number of carbonyl (C=O) groups excluding carboxylic acids is 2. The zero-order valence-corrected chi connectivity index (χ0v) is 13.9. The van der Waals surface area contributed by atoms with Gasteiger partial charge >= 0.3 is 12.1 Å². The Balaban J connectivity index is 2.80. The highest BCUT2D eigenvalue weighted by molar-refractivity contribution is 5.81. The van der Waals surface area contributed by atoms with Gasteiger partial charge in [0, 0.05) is 6.42 Å². The van der Waals surface area contributed by atoms with Gasteiger partial charge in [0.15, 0.2) is 0 Å². The van der Waals surface area contributed by atoms with Gasteiger partial charge in [-0.3, -0.25) is 0 Å². The molecule has 1 aromatic carbocycles. The van der Waals surface area contributed by atoms with Crippen molar-refractivity contribution in [3.05, 3.63) is 35.4 Å². The van der Waals surface area contributed by atoms with Crippen molar-refractivity contribution < 1.29 is 19.1 Å². The second kappa shape index (κ2) is 7.82. The van der Waals surface area contributed by atoms with Crippen LogP contribution < -0.4 is 5.32 Å². The van der Waals surface area contributed by atoms with Gasteiger partial charge in [-0.25, -0.2) is 9.59 Å². The summed E-state index contributed by atoms with van der Waals surface area (Å²) in [6, 6.07) is 7.01. The van der Waals surface area contributed by atoms with Crippen molar-refractivity contribution in [1.29, 1.82) is 0 Å². The molecule has 0 aliphatic rings. The van der Waals surface area contributed by atoms with Gasteiger partial charge < -0.3 is 14.8 Å². The molecule has 22 heavy (non-hydrogen) atoms. The van der Waals surface area contributed by atoms with E-state index in [1.807, 2.05) is 31.2 Å². The van der Waals surface area contributed by atoms with Gasteiger partial charge in [-0.2, -0.15) is 0 Å². The Morgan fingerprint density at radius 3 is 2.50 bits per heavy atom. The number of ether oxygens (including phenoxy) is 2. The molecular formula is C17H25NO4. The van der Waals surface area contributed by atoms with Crippen LogP contribution in [0.4, 0.5) is 4.79 Å². The summed E-state index contributed by atoms with van der Waals surface area (Å²) >= 11 is 0. The van der Waals surface area contributed by atoms with Gasteiger partial charge in [0.1, 0.15) is 11.6 Å². The molecule has 5 nitrogen and oxygen atoms in total. The zero-order chi connectivity index (χ0) is 16.8. The third kappa shape index (κ3) is 6.61. The fourth-order valence-electron chi connectivity index (χ4n) is 1.96. The Hall–Kier alpha value is -2.04. The van der Waals surface area contributed by atoms with Gasteiger partial charge in [-0.15, -0.1) is 0 Å². The molecule has 122 valence electrons. The first kappa shape index (κ1) is 18.0. The second-order valence-corrected chi connectivity index (χ2v) is 6.14. The molecule has 0 saturated heterocycles. The van der Waals surface area contributed by atoms with E-state index in [0.717, 1.165) is 11.1 Å². The Labute approximate surface area is 132 Å². The first-order valence-electron chi connectivity index (χ1n) is 7.43. The largest absolute Gasteiger partial charge is 0.464 e. The van der Waals surface area contributed by atoms with Crippen LogP contribution in [0.5, 0.6) is 0 Å². The van der Waals surface area contributed by atoms with E-state index >= 15 is 0 Å². The monoisotopic (exact) mass is 307 g/mol. The van der Waals surface area contributed by atoms with Crippen molar-refractivity contribution in [3.8, 4) is 0 Å². The summed E-state index contributed by atoms with van der Waals surface area (Å²) in [6.45, 7) is 9.28.